The van der Waals surface area contributed by atoms with Gasteiger partial charge in [0.25, 0.3) is 0 Å². The minimum atomic E-state index is 0.821. The molecule has 0 bridgehead atoms. The molecule has 1 atom stereocenters. The van der Waals surface area contributed by atoms with Crippen LogP contribution in [-0.4, -0.2) is 51.3 Å². The summed E-state index contributed by atoms with van der Waals surface area (Å²) in [5.74, 6) is 0.986. The third-order valence-corrected chi connectivity index (χ3v) is 3.83. The summed E-state index contributed by atoms with van der Waals surface area (Å²) in [6.45, 7) is 9.15. The Morgan fingerprint density at radius 2 is 2.12 bits per heavy atom. The Bertz CT molecular complexity index is 176. The lowest BCUT2D eigenvalue weighted by atomic mass is 9.98. The van der Waals surface area contributed by atoms with E-state index >= 15 is 0 Å². The molecule has 0 saturated carbocycles. The molecule has 1 rings (SSSR count). The van der Waals surface area contributed by atoms with E-state index in [0.717, 1.165) is 25.6 Å². The molecule has 1 aliphatic rings. The molecule has 0 aliphatic carbocycles. The highest BCUT2D eigenvalue weighted by molar-refractivity contribution is 4.69. The zero-order chi connectivity index (χ0) is 12.3. The molecule has 0 radical (unpaired) electrons. The van der Waals surface area contributed by atoms with E-state index in [1.54, 1.807) is 7.11 Å². The van der Waals surface area contributed by atoms with Gasteiger partial charge < -0.3 is 15.0 Å². The number of ether oxygens (including phenoxy) is 1. The molecule has 17 heavy (non-hydrogen) atoms. The first-order valence-corrected chi connectivity index (χ1v) is 7.28. The third-order valence-electron chi connectivity index (χ3n) is 3.83. The molecule has 1 saturated heterocycles. The molecule has 3 nitrogen and oxygen atoms in total. The van der Waals surface area contributed by atoms with Gasteiger partial charge in [-0.05, 0) is 57.8 Å². The first kappa shape index (κ1) is 14.9. The van der Waals surface area contributed by atoms with Crippen molar-refractivity contribution >= 4 is 0 Å². The molecule has 1 N–H and O–H groups in total. The molecule has 3 heteroatoms. The molecule has 1 unspecified atom stereocenters. The van der Waals surface area contributed by atoms with Crippen LogP contribution in [0.1, 0.15) is 39.0 Å². The lowest BCUT2D eigenvalue weighted by molar-refractivity contribution is 0.198. The second-order valence-corrected chi connectivity index (χ2v) is 5.14. The summed E-state index contributed by atoms with van der Waals surface area (Å²) < 4.78 is 5.01. The molecule has 1 aliphatic heterocycles. The fraction of sp³-hybridized carbons (Fsp3) is 1.00. The predicted octanol–water partition coefficient (Wildman–Crippen LogP) is 2.12. The van der Waals surface area contributed by atoms with Crippen molar-refractivity contribution in [3.8, 4) is 0 Å². The maximum Gasteiger partial charge on any atom is 0.0587 e. The van der Waals surface area contributed by atoms with Crippen LogP contribution in [0.15, 0.2) is 0 Å². The zero-order valence-corrected chi connectivity index (χ0v) is 11.7. The van der Waals surface area contributed by atoms with Crippen molar-refractivity contribution in [2.24, 2.45) is 5.92 Å². The maximum absolute atomic E-state index is 5.01. The van der Waals surface area contributed by atoms with Crippen LogP contribution in [0.4, 0.5) is 0 Å². The van der Waals surface area contributed by atoms with Gasteiger partial charge in [-0.2, -0.15) is 0 Å². The Morgan fingerprint density at radius 1 is 1.24 bits per heavy atom. The maximum atomic E-state index is 5.01. The first-order valence-electron chi connectivity index (χ1n) is 7.28. The quantitative estimate of drug-likeness (QED) is 0.660. The van der Waals surface area contributed by atoms with Gasteiger partial charge in [-0.15, -0.1) is 0 Å². The van der Waals surface area contributed by atoms with Gasteiger partial charge in [0.05, 0.1) is 6.61 Å². The third kappa shape index (κ3) is 7.02. The first-order chi connectivity index (χ1) is 8.36. The van der Waals surface area contributed by atoms with E-state index in [-0.39, 0.29) is 0 Å². The minimum absolute atomic E-state index is 0.821. The summed E-state index contributed by atoms with van der Waals surface area (Å²) in [4.78, 5) is 2.65. The largest absolute Gasteiger partial charge is 0.383 e. The van der Waals surface area contributed by atoms with Crippen molar-refractivity contribution in [2.45, 2.75) is 39.0 Å². The fourth-order valence-corrected chi connectivity index (χ4v) is 2.58. The highest BCUT2D eigenvalue weighted by atomic mass is 16.5. The summed E-state index contributed by atoms with van der Waals surface area (Å²) in [5.41, 5.74) is 0. The van der Waals surface area contributed by atoms with E-state index < -0.39 is 0 Å². The van der Waals surface area contributed by atoms with E-state index in [2.05, 4.69) is 17.1 Å². The minimum Gasteiger partial charge on any atom is -0.383 e. The van der Waals surface area contributed by atoms with Crippen molar-refractivity contribution in [1.29, 1.82) is 0 Å². The van der Waals surface area contributed by atoms with Crippen LogP contribution in [0.3, 0.4) is 0 Å². The molecule has 0 spiro atoms. The monoisotopic (exact) mass is 242 g/mol. The summed E-state index contributed by atoms with van der Waals surface area (Å²) in [6, 6.07) is 0. The molecular weight excluding hydrogens is 212 g/mol. The van der Waals surface area contributed by atoms with Crippen LogP contribution < -0.4 is 5.32 Å². The number of likely N-dealkylation sites (tertiary alicyclic amines) is 1. The molecule has 0 amide bonds. The van der Waals surface area contributed by atoms with Gasteiger partial charge >= 0.3 is 0 Å². The number of methoxy groups -OCH3 is 1. The van der Waals surface area contributed by atoms with E-state index in [0.29, 0.717) is 0 Å². The van der Waals surface area contributed by atoms with E-state index in [4.69, 9.17) is 4.74 Å². The van der Waals surface area contributed by atoms with Crippen molar-refractivity contribution in [3.63, 3.8) is 0 Å². The average molecular weight is 242 g/mol. The van der Waals surface area contributed by atoms with Gasteiger partial charge in [-0.3, -0.25) is 0 Å². The predicted molar refractivity (Wildman–Crippen MR) is 73.4 cm³/mol. The zero-order valence-electron chi connectivity index (χ0n) is 11.7. The van der Waals surface area contributed by atoms with Crippen molar-refractivity contribution in [3.05, 3.63) is 0 Å². The van der Waals surface area contributed by atoms with Gasteiger partial charge in [0.1, 0.15) is 0 Å². The number of rotatable bonds is 8. The molecule has 1 heterocycles. The van der Waals surface area contributed by atoms with Crippen LogP contribution in [0, 0.1) is 5.92 Å². The molecular formula is C14H30N2O. The summed E-state index contributed by atoms with van der Waals surface area (Å²) >= 11 is 0. The Balaban J connectivity index is 1.99. The Hall–Kier alpha value is -0.120. The van der Waals surface area contributed by atoms with Gasteiger partial charge in [0, 0.05) is 13.7 Å². The highest BCUT2D eigenvalue weighted by Gasteiger charge is 2.14. The smallest absolute Gasteiger partial charge is 0.0587 e. The van der Waals surface area contributed by atoms with Gasteiger partial charge in [-0.25, -0.2) is 0 Å². The molecule has 0 aromatic heterocycles. The van der Waals surface area contributed by atoms with Crippen LogP contribution in [0.25, 0.3) is 0 Å². The van der Waals surface area contributed by atoms with Crippen LogP contribution in [0.5, 0.6) is 0 Å². The molecule has 0 aromatic carbocycles. The highest BCUT2D eigenvalue weighted by Crippen LogP contribution is 2.19. The van der Waals surface area contributed by atoms with Crippen molar-refractivity contribution in [2.75, 3.05) is 46.4 Å². The van der Waals surface area contributed by atoms with E-state index in [9.17, 15) is 0 Å². The molecule has 1 fully saturated rings. The van der Waals surface area contributed by atoms with Gasteiger partial charge in [0.15, 0.2) is 0 Å². The topological polar surface area (TPSA) is 24.5 Å². The standard InChI is InChI=1S/C14H30N2O/c1-3-14-6-4-10-16(12-7-14)11-5-8-15-9-13-17-2/h14-15H,3-13H2,1-2H3. The van der Waals surface area contributed by atoms with E-state index in [1.165, 1.54) is 51.7 Å². The normalized spacial score (nSPS) is 22.6. The second kappa shape index (κ2) is 9.86. The lowest BCUT2D eigenvalue weighted by Crippen LogP contribution is -2.29. The molecule has 0 aromatic rings. The molecule has 102 valence electrons. The number of nitrogens with one attached hydrogen (secondary N) is 1. The number of nitrogens with zero attached hydrogens (tertiary/aromatic N) is 1. The second-order valence-electron chi connectivity index (χ2n) is 5.14. The summed E-state index contributed by atoms with van der Waals surface area (Å²) in [7, 11) is 1.75. The van der Waals surface area contributed by atoms with Crippen molar-refractivity contribution < 1.29 is 4.74 Å². The van der Waals surface area contributed by atoms with E-state index in [1.807, 2.05) is 0 Å². The van der Waals surface area contributed by atoms with Gasteiger partial charge in [-0.1, -0.05) is 13.3 Å². The Morgan fingerprint density at radius 3 is 2.88 bits per heavy atom. The lowest BCUT2D eigenvalue weighted by Gasteiger charge is -2.20. The number of hydrogen-bond acceptors (Lipinski definition) is 3. The van der Waals surface area contributed by atoms with Gasteiger partial charge in [0.2, 0.25) is 0 Å². The van der Waals surface area contributed by atoms with Crippen LogP contribution in [-0.2, 0) is 4.74 Å². The average Bonchev–Trinajstić information content (AvgIpc) is 2.59. The Labute approximate surface area is 107 Å². The van der Waals surface area contributed by atoms with Crippen LogP contribution in [0.2, 0.25) is 0 Å². The summed E-state index contributed by atoms with van der Waals surface area (Å²) in [5, 5.41) is 3.41. The number of hydrogen-bond donors (Lipinski definition) is 1. The SMILES string of the molecule is CCC1CCCN(CCCNCCOC)CC1. The Kier molecular flexibility index (Phi) is 8.67. The van der Waals surface area contributed by atoms with Crippen molar-refractivity contribution in [1.82, 2.24) is 10.2 Å². The van der Waals surface area contributed by atoms with Crippen LogP contribution >= 0.6 is 0 Å². The summed E-state index contributed by atoms with van der Waals surface area (Å²) in [6.07, 6.45) is 6.88. The fourth-order valence-electron chi connectivity index (χ4n) is 2.58.